The molecule has 2 aromatic carbocycles. The predicted octanol–water partition coefficient (Wildman–Crippen LogP) is 3.23. The van der Waals surface area contributed by atoms with E-state index in [4.69, 9.17) is 4.74 Å². The van der Waals surface area contributed by atoms with Crippen molar-refractivity contribution in [2.45, 2.75) is 0 Å². The summed E-state index contributed by atoms with van der Waals surface area (Å²) in [6.45, 7) is -0.401. The molecule has 0 aliphatic carbocycles. The number of nitrogens with one attached hydrogen (secondary N) is 1. The number of hydrogen-bond acceptors (Lipinski definition) is 3. The fourth-order valence-electron chi connectivity index (χ4n) is 1.53. The molecule has 1 N–H and O–H groups in total. The second-order valence-corrected chi connectivity index (χ2v) is 5.38. The maximum atomic E-state index is 12.7. The molecular weight excluding hydrogens is 388 g/mol. The molecule has 0 radical (unpaired) electrons. The van der Waals surface area contributed by atoms with Gasteiger partial charge in [0.15, 0.2) is 6.61 Å². The molecule has 0 saturated carbocycles. The summed E-state index contributed by atoms with van der Waals surface area (Å²) in [5, 5.41) is 2.61. The fourth-order valence-corrected chi connectivity index (χ4v) is 1.89. The summed E-state index contributed by atoms with van der Waals surface area (Å²) in [6.07, 6.45) is 0. The third kappa shape index (κ3) is 4.82. The predicted molar refractivity (Wildman–Crippen MR) is 84.5 cm³/mol. The van der Waals surface area contributed by atoms with Crippen LogP contribution in [0.4, 0.5) is 10.1 Å². The third-order valence-corrected chi connectivity index (χ3v) is 3.26. The lowest BCUT2D eigenvalue weighted by Crippen LogP contribution is -2.20. The third-order valence-electron chi connectivity index (χ3n) is 2.54. The van der Waals surface area contributed by atoms with Crippen molar-refractivity contribution < 1.29 is 18.7 Å². The Bertz CT molecular complexity index is 641. The first-order valence-electron chi connectivity index (χ1n) is 6.03. The zero-order valence-corrected chi connectivity index (χ0v) is 13.0. The molecule has 0 spiro atoms. The molecule has 0 aliphatic rings. The Kier molecular flexibility index (Phi) is 5.26. The average molecular weight is 399 g/mol. The van der Waals surface area contributed by atoms with Gasteiger partial charge in [0.2, 0.25) is 0 Å². The first-order chi connectivity index (χ1) is 10.0. The van der Waals surface area contributed by atoms with Crippen LogP contribution in [-0.4, -0.2) is 18.5 Å². The molecule has 2 aromatic rings. The lowest BCUT2D eigenvalue weighted by atomic mass is 10.2. The summed E-state index contributed by atoms with van der Waals surface area (Å²) in [5.41, 5.74) is 0.816. The lowest BCUT2D eigenvalue weighted by molar-refractivity contribution is -0.119. The number of ether oxygens (including phenoxy) is 1. The number of amides is 1. The van der Waals surface area contributed by atoms with Crippen LogP contribution in [0.2, 0.25) is 0 Å². The van der Waals surface area contributed by atoms with Crippen molar-refractivity contribution in [2.75, 3.05) is 11.9 Å². The second kappa shape index (κ2) is 7.16. The van der Waals surface area contributed by atoms with Crippen molar-refractivity contribution in [3.63, 3.8) is 0 Å². The normalized spacial score (nSPS) is 10.0. The summed E-state index contributed by atoms with van der Waals surface area (Å²) in [7, 11) is 0. The topological polar surface area (TPSA) is 55.4 Å². The van der Waals surface area contributed by atoms with Crippen LogP contribution >= 0.6 is 22.6 Å². The van der Waals surface area contributed by atoms with Gasteiger partial charge in [0, 0.05) is 9.26 Å². The zero-order chi connectivity index (χ0) is 15.2. The molecule has 1 amide bonds. The van der Waals surface area contributed by atoms with Crippen molar-refractivity contribution in [3.05, 3.63) is 63.5 Å². The molecule has 0 aliphatic heterocycles. The van der Waals surface area contributed by atoms with Gasteiger partial charge in [0.25, 0.3) is 5.91 Å². The number of hydrogen-bond donors (Lipinski definition) is 1. The monoisotopic (exact) mass is 399 g/mol. The molecule has 0 atom stereocenters. The number of halogens is 2. The number of rotatable bonds is 4. The summed E-state index contributed by atoms with van der Waals surface area (Å²) in [6, 6.07) is 12.1. The Morgan fingerprint density at radius 1 is 1.05 bits per heavy atom. The highest BCUT2D eigenvalue weighted by molar-refractivity contribution is 14.1. The van der Waals surface area contributed by atoms with Gasteiger partial charge in [0.05, 0.1) is 5.56 Å². The van der Waals surface area contributed by atoms with E-state index in [9.17, 15) is 14.0 Å². The Balaban J connectivity index is 1.84. The maximum Gasteiger partial charge on any atom is 0.338 e. The largest absolute Gasteiger partial charge is 0.452 e. The quantitative estimate of drug-likeness (QED) is 0.635. The van der Waals surface area contributed by atoms with E-state index in [1.165, 1.54) is 12.1 Å². The van der Waals surface area contributed by atoms with E-state index >= 15 is 0 Å². The van der Waals surface area contributed by atoms with E-state index in [1.807, 2.05) is 12.1 Å². The van der Waals surface area contributed by atoms with Gasteiger partial charge in [-0.3, -0.25) is 4.79 Å². The number of benzene rings is 2. The average Bonchev–Trinajstić information content (AvgIpc) is 2.48. The molecule has 0 saturated heterocycles. The van der Waals surface area contributed by atoms with E-state index in [1.54, 1.807) is 12.1 Å². The van der Waals surface area contributed by atoms with Crippen molar-refractivity contribution in [1.29, 1.82) is 0 Å². The summed E-state index contributed by atoms with van der Waals surface area (Å²) in [4.78, 5) is 23.3. The molecule has 4 nitrogen and oxygen atoms in total. The highest BCUT2D eigenvalue weighted by atomic mass is 127. The van der Waals surface area contributed by atoms with Gasteiger partial charge in [-0.15, -0.1) is 0 Å². The SMILES string of the molecule is O=C(COC(=O)c1ccc(F)cc1)Nc1ccc(I)cc1. The molecule has 0 bridgehead atoms. The van der Waals surface area contributed by atoms with E-state index in [0.29, 0.717) is 5.69 Å². The Hall–Kier alpha value is -1.96. The van der Waals surface area contributed by atoms with Gasteiger partial charge >= 0.3 is 5.97 Å². The van der Waals surface area contributed by atoms with Crippen LogP contribution in [0.1, 0.15) is 10.4 Å². The molecular formula is C15H11FINO3. The maximum absolute atomic E-state index is 12.7. The van der Waals surface area contributed by atoms with Crippen molar-refractivity contribution in [2.24, 2.45) is 0 Å². The van der Waals surface area contributed by atoms with Gasteiger partial charge in [-0.05, 0) is 71.1 Å². The highest BCUT2D eigenvalue weighted by Gasteiger charge is 2.10. The summed E-state index contributed by atoms with van der Waals surface area (Å²) in [5.74, 6) is -1.55. The zero-order valence-electron chi connectivity index (χ0n) is 10.8. The van der Waals surface area contributed by atoms with Gasteiger partial charge in [-0.2, -0.15) is 0 Å². The minimum absolute atomic E-state index is 0.193. The first kappa shape index (κ1) is 15.4. The number of carbonyl (C=O) groups is 2. The van der Waals surface area contributed by atoms with Gasteiger partial charge in [-0.25, -0.2) is 9.18 Å². The Morgan fingerprint density at radius 2 is 1.67 bits per heavy atom. The van der Waals surface area contributed by atoms with Crippen LogP contribution in [0, 0.1) is 9.39 Å². The van der Waals surface area contributed by atoms with Crippen molar-refractivity contribution in [1.82, 2.24) is 0 Å². The minimum atomic E-state index is -0.673. The smallest absolute Gasteiger partial charge is 0.338 e. The van der Waals surface area contributed by atoms with E-state index in [-0.39, 0.29) is 5.56 Å². The molecule has 108 valence electrons. The fraction of sp³-hybridized carbons (Fsp3) is 0.0667. The first-order valence-corrected chi connectivity index (χ1v) is 7.10. The highest BCUT2D eigenvalue weighted by Crippen LogP contribution is 2.11. The molecule has 0 unspecified atom stereocenters. The molecule has 21 heavy (non-hydrogen) atoms. The molecule has 6 heteroatoms. The van der Waals surface area contributed by atoms with Crippen LogP contribution in [0.15, 0.2) is 48.5 Å². The van der Waals surface area contributed by atoms with Crippen LogP contribution in [0.3, 0.4) is 0 Å². The Morgan fingerprint density at radius 3 is 2.29 bits per heavy atom. The summed E-state index contributed by atoms with van der Waals surface area (Å²) >= 11 is 2.16. The molecule has 0 heterocycles. The summed E-state index contributed by atoms with van der Waals surface area (Å²) < 4.78 is 18.6. The van der Waals surface area contributed by atoms with Crippen LogP contribution in [0.25, 0.3) is 0 Å². The van der Waals surface area contributed by atoms with Gasteiger partial charge < -0.3 is 10.1 Å². The van der Waals surface area contributed by atoms with E-state index in [2.05, 4.69) is 27.9 Å². The van der Waals surface area contributed by atoms with Gasteiger partial charge in [-0.1, -0.05) is 0 Å². The second-order valence-electron chi connectivity index (χ2n) is 4.14. The lowest BCUT2D eigenvalue weighted by Gasteiger charge is -2.06. The van der Waals surface area contributed by atoms with Crippen LogP contribution in [-0.2, 0) is 9.53 Å². The number of carbonyl (C=O) groups excluding carboxylic acids is 2. The standard InChI is InChI=1S/C15H11FINO3/c16-11-3-1-10(2-4-11)15(20)21-9-14(19)18-13-7-5-12(17)6-8-13/h1-8H,9H2,(H,18,19). The molecule has 2 rings (SSSR count). The van der Waals surface area contributed by atoms with Crippen LogP contribution in [0.5, 0.6) is 0 Å². The van der Waals surface area contributed by atoms with Crippen molar-refractivity contribution in [3.8, 4) is 0 Å². The number of esters is 1. The van der Waals surface area contributed by atoms with Crippen molar-refractivity contribution >= 4 is 40.2 Å². The Labute approximate surface area is 134 Å². The van der Waals surface area contributed by atoms with Gasteiger partial charge in [0.1, 0.15) is 5.82 Å². The number of anilines is 1. The minimum Gasteiger partial charge on any atom is -0.452 e. The van der Waals surface area contributed by atoms with E-state index in [0.717, 1.165) is 15.7 Å². The van der Waals surface area contributed by atoms with Crippen LogP contribution < -0.4 is 5.32 Å². The molecule has 0 fully saturated rings. The molecule has 0 aromatic heterocycles. The van der Waals surface area contributed by atoms with E-state index < -0.39 is 24.3 Å².